The van der Waals surface area contributed by atoms with Crippen LogP contribution in [0.5, 0.6) is 5.75 Å². The molecule has 0 aliphatic carbocycles. The maximum atomic E-state index is 11.4. The van der Waals surface area contributed by atoms with Crippen molar-refractivity contribution in [3.05, 3.63) is 23.8 Å². The van der Waals surface area contributed by atoms with Crippen LogP contribution in [0.15, 0.2) is 18.2 Å². The van der Waals surface area contributed by atoms with E-state index in [0.29, 0.717) is 5.69 Å². The second kappa shape index (κ2) is 5.01. The number of nitrogen functional groups attached to an aromatic ring is 1. The topological polar surface area (TPSA) is 105 Å². The van der Waals surface area contributed by atoms with Crippen molar-refractivity contribution < 1.29 is 19.1 Å². The predicted molar refractivity (Wildman–Crippen MR) is 56.9 cm³/mol. The summed E-state index contributed by atoms with van der Waals surface area (Å²) in [5.41, 5.74) is 11.0. The standard InChI is InChI=1S/C10H12N2O4/c1-15-10(14)7-4-6(11)2-3-8(7)16-5-9(12)13/h2-4H,5,11H2,1H3,(H2,12,13). The molecule has 0 aliphatic rings. The van der Waals surface area contributed by atoms with Crippen molar-refractivity contribution in [3.63, 3.8) is 0 Å². The van der Waals surface area contributed by atoms with E-state index in [-0.39, 0.29) is 17.9 Å². The Bertz CT molecular complexity index is 417. The first-order valence-corrected chi connectivity index (χ1v) is 4.43. The molecule has 4 N–H and O–H groups in total. The summed E-state index contributed by atoms with van der Waals surface area (Å²) in [7, 11) is 1.24. The molecule has 0 saturated carbocycles. The second-order valence-electron chi connectivity index (χ2n) is 3.00. The normalized spacial score (nSPS) is 9.56. The summed E-state index contributed by atoms with van der Waals surface area (Å²) in [5, 5.41) is 0. The van der Waals surface area contributed by atoms with Crippen LogP contribution in [0.3, 0.4) is 0 Å². The van der Waals surface area contributed by atoms with Gasteiger partial charge in [0.1, 0.15) is 11.3 Å². The van der Waals surface area contributed by atoms with E-state index in [1.807, 2.05) is 0 Å². The Morgan fingerprint density at radius 3 is 2.62 bits per heavy atom. The zero-order chi connectivity index (χ0) is 12.1. The van der Waals surface area contributed by atoms with Gasteiger partial charge >= 0.3 is 5.97 Å². The maximum absolute atomic E-state index is 11.4. The molecule has 0 aliphatic heterocycles. The number of carbonyl (C=O) groups is 2. The molecular formula is C10H12N2O4. The Morgan fingerprint density at radius 2 is 2.06 bits per heavy atom. The van der Waals surface area contributed by atoms with Gasteiger partial charge in [-0.15, -0.1) is 0 Å². The molecule has 0 bridgehead atoms. The summed E-state index contributed by atoms with van der Waals surface area (Å²) in [6.07, 6.45) is 0. The third-order valence-corrected chi connectivity index (χ3v) is 1.78. The molecule has 0 radical (unpaired) electrons. The summed E-state index contributed by atoms with van der Waals surface area (Å²) in [6, 6.07) is 4.43. The quantitative estimate of drug-likeness (QED) is 0.549. The number of methoxy groups -OCH3 is 1. The zero-order valence-corrected chi connectivity index (χ0v) is 8.73. The Balaban J connectivity index is 2.98. The number of benzene rings is 1. The molecule has 1 aromatic carbocycles. The van der Waals surface area contributed by atoms with E-state index in [9.17, 15) is 9.59 Å². The van der Waals surface area contributed by atoms with E-state index in [2.05, 4.69) is 4.74 Å². The van der Waals surface area contributed by atoms with Crippen LogP contribution < -0.4 is 16.2 Å². The van der Waals surface area contributed by atoms with Gasteiger partial charge < -0.3 is 20.9 Å². The molecule has 1 amide bonds. The van der Waals surface area contributed by atoms with Gasteiger partial charge in [0.05, 0.1) is 7.11 Å². The zero-order valence-electron chi connectivity index (χ0n) is 8.73. The van der Waals surface area contributed by atoms with Gasteiger partial charge in [-0.3, -0.25) is 4.79 Å². The number of hydrogen-bond acceptors (Lipinski definition) is 5. The minimum absolute atomic E-state index is 0.156. The molecule has 6 nitrogen and oxygen atoms in total. The fourth-order valence-electron chi connectivity index (χ4n) is 1.09. The van der Waals surface area contributed by atoms with Gasteiger partial charge in [0.25, 0.3) is 5.91 Å². The lowest BCUT2D eigenvalue weighted by molar-refractivity contribution is -0.119. The van der Waals surface area contributed by atoms with Crippen LogP contribution in [0.2, 0.25) is 0 Å². The van der Waals surface area contributed by atoms with E-state index in [1.54, 1.807) is 6.07 Å². The average Bonchev–Trinajstić information content (AvgIpc) is 2.26. The number of ether oxygens (including phenoxy) is 2. The summed E-state index contributed by atoms with van der Waals surface area (Å²) >= 11 is 0. The number of primary amides is 1. The fraction of sp³-hybridized carbons (Fsp3) is 0.200. The molecule has 86 valence electrons. The first-order valence-electron chi connectivity index (χ1n) is 4.43. The Labute approximate surface area is 92.1 Å². The first kappa shape index (κ1) is 11.8. The van der Waals surface area contributed by atoms with Crippen molar-refractivity contribution in [1.82, 2.24) is 0 Å². The lowest BCUT2D eigenvalue weighted by Crippen LogP contribution is -2.21. The third kappa shape index (κ3) is 2.88. The fourth-order valence-corrected chi connectivity index (χ4v) is 1.09. The highest BCUT2D eigenvalue weighted by Gasteiger charge is 2.13. The highest BCUT2D eigenvalue weighted by atomic mass is 16.5. The van der Waals surface area contributed by atoms with Crippen LogP contribution in [-0.4, -0.2) is 25.6 Å². The minimum atomic E-state index is -0.632. The molecule has 6 heteroatoms. The summed E-state index contributed by atoms with van der Waals surface area (Å²) in [5.74, 6) is -1.01. The van der Waals surface area contributed by atoms with Gasteiger partial charge in [0, 0.05) is 5.69 Å². The number of rotatable bonds is 4. The number of amides is 1. The molecule has 0 aromatic heterocycles. The number of carbonyl (C=O) groups excluding carboxylic acids is 2. The highest BCUT2D eigenvalue weighted by Crippen LogP contribution is 2.22. The Kier molecular flexibility index (Phi) is 3.71. The Morgan fingerprint density at radius 1 is 1.38 bits per heavy atom. The summed E-state index contributed by atoms with van der Waals surface area (Å²) < 4.78 is 9.59. The number of esters is 1. The molecule has 1 rings (SSSR count). The van der Waals surface area contributed by atoms with E-state index in [0.717, 1.165) is 0 Å². The van der Waals surface area contributed by atoms with Gasteiger partial charge in [-0.1, -0.05) is 0 Å². The molecule has 0 atom stereocenters. The summed E-state index contributed by atoms with van der Waals surface area (Å²) in [6.45, 7) is -0.312. The van der Waals surface area contributed by atoms with E-state index in [1.165, 1.54) is 19.2 Å². The van der Waals surface area contributed by atoms with Crippen molar-refractivity contribution in [2.75, 3.05) is 19.5 Å². The van der Waals surface area contributed by atoms with Crippen molar-refractivity contribution in [3.8, 4) is 5.75 Å². The molecule has 1 aromatic rings. The molecule has 0 heterocycles. The molecule has 0 saturated heterocycles. The van der Waals surface area contributed by atoms with Crippen LogP contribution in [-0.2, 0) is 9.53 Å². The van der Waals surface area contributed by atoms with Crippen molar-refractivity contribution in [1.29, 1.82) is 0 Å². The van der Waals surface area contributed by atoms with Crippen LogP contribution in [0.25, 0.3) is 0 Å². The van der Waals surface area contributed by atoms with Gasteiger partial charge in [-0.05, 0) is 18.2 Å². The van der Waals surface area contributed by atoms with E-state index in [4.69, 9.17) is 16.2 Å². The van der Waals surface area contributed by atoms with Crippen molar-refractivity contribution >= 4 is 17.6 Å². The molecule has 0 fully saturated rings. The molecular weight excluding hydrogens is 212 g/mol. The van der Waals surface area contributed by atoms with E-state index >= 15 is 0 Å². The SMILES string of the molecule is COC(=O)c1cc(N)ccc1OCC(N)=O. The smallest absolute Gasteiger partial charge is 0.341 e. The highest BCUT2D eigenvalue weighted by molar-refractivity contribution is 5.93. The number of anilines is 1. The van der Waals surface area contributed by atoms with Gasteiger partial charge in [-0.2, -0.15) is 0 Å². The minimum Gasteiger partial charge on any atom is -0.483 e. The van der Waals surface area contributed by atoms with Crippen LogP contribution in [0, 0.1) is 0 Å². The molecule has 0 unspecified atom stereocenters. The summed E-state index contributed by atoms with van der Waals surface area (Å²) in [4.78, 5) is 21.9. The van der Waals surface area contributed by atoms with Crippen LogP contribution in [0.4, 0.5) is 5.69 Å². The van der Waals surface area contributed by atoms with Crippen LogP contribution in [0.1, 0.15) is 10.4 Å². The predicted octanol–water partition coefficient (Wildman–Crippen LogP) is -0.0805. The number of hydrogen-bond donors (Lipinski definition) is 2. The van der Waals surface area contributed by atoms with Crippen molar-refractivity contribution in [2.24, 2.45) is 5.73 Å². The monoisotopic (exact) mass is 224 g/mol. The Hall–Kier alpha value is -2.24. The first-order chi connectivity index (χ1) is 7.54. The third-order valence-electron chi connectivity index (χ3n) is 1.78. The van der Waals surface area contributed by atoms with Crippen molar-refractivity contribution in [2.45, 2.75) is 0 Å². The van der Waals surface area contributed by atoms with Gasteiger partial charge in [-0.25, -0.2) is 4.79 Å². The molecule has 0 spiro atoms. The largest absolute Gasteiger partial charge is 0.483 e. The average molecular weight is 224 g/mol. The second-order valence-corrected chi connectivity index (χ2v) is 3.00. The number of nitrogens with two attached hydrogens (primary N) is 2. The van der Waals surface area contributed by atoms with Crippen LogP contribution >= 0.6 is 0 Å². The van der Waals surface area contributed by atoms with Gasteiger partial charge in [0.15, 0.2) is 6.61 Å². The van der Waals surface area contributed by atoms with Gasteiger partial charge in [0.2, 0.25) is 0 Å². The molecule has 16 heavy (non-hydrogen) atoms. The van der Waals surface area contributed by atoms with E-state index < -0.39 is 11.9 Å². The maximum Gasteiger partial charge on any atom is 0.341 e. The lowest BCUT2D eigenvalue weighted by atomic mass is 10.2. The lowest BCUT2D eigenvalue weighted by Gasteiger charge is -2.09.